The smallest absolute Gasteiger partial charge is 0.153 e. The molecule has 1 aromatic heterocycles. The first-order chi connectivity index (χ1) is 9.95. The Morgan fingerprint density at radius 3 is 2.48 bits per heavy atom. The monoisotopic (exact) mass is 343 g/mol. The molecule has 0 fully saturated rings. The maximum atomic E-state index is 13.1. The number of halogens is 4. The lowest BCUT2D eigenvalue weighted by atomic mass is 10.1. The highest BCUT2D eigenvalue weighted by atomic mass is 35.5. The van der Waals surface area contributed by atoms with Crippen LogP contribution in [0.4, 0.5) is 4.39 Å². The van der Waals surface area contributed by atoms with Gasteiger partial charge in [0.1, 0.15) is 11.6 Å². The summed E-state index contributed by atoms with van der Waals surface area (Å²) in [5, 5.41) is 1.90. The van der Waals surface area contributed by atoms with E-state index in [1.54, 1.807) is 18.2 Å². The van der Waals surface area contributed by atoms with Crippen molar-refractivity contribution in [1.82, 2.24) is 0 Å². The third-order valence-corrected chi connectivity index (χ3v) is 3.99. The van der Waals surface area contributed by atoms with E-state index in [0.29, 0.717) is 27.0 Å². The van der Waals surface area contributed by atoms with Crippen LogP contribution in [0, 0.1) is 5.82 Å². The number of rotatable bonds is 2. The van der Waals surface area contributed by atoms with Crippen LogP contribution in [-0.2, 0) is 0 Å². The second-order valence-electron chi connectivity index (χ2n) is 4.60. The summed E-state index contributed by atoms with van der Waals surface area (Å²) in [6, 6.07) is 8.49. The molecular weight excluding hydrogens is 336 g/mol. The first kappa shape index (κ1) is 14.7. The second-order valence-corrected chi connectivity index (χ2v) is 5.85. The molecule has 0 spiro atoms. The molecule has 0 aliphatic carbocycles. The maximum absolute atomic E-state index is 13.1. The summed E-state index contributed by atoms with van der Waals surface area (Å²) in [6.45, 7) is 0. The van der Waals surface area contributed by atoms with E-state index in [2.05, 4.69) is 0 Å². The van der Waals surface area contributed by atoms with Gasteiger partial charge in [-0.1, -0.05) is 40.9 Å². The van der Waals surface area contributed by atoms with E-state index in [-0.39, 0.29) is 5.02 Å². The van der Waals surface area contributed by atoms with Crippen LogP contribution in [0.2, 0.25) is 15.1 Å². The Morgan fingerprint density at radius 2 is 1.76 bits per heavy atom. The van der Waals surface area contributed by atoms with Crippen LogP contribution < -0.4 is 5.73 Å². The van der Waals surface area contributed by atoms with Crippen LogP contribution in [0.5, 0.6) is 0 Å². The summed E-state index contributed by atoms with van der Waals surface area (Å²) in [5.41, 5.74) is 7.22. The number of nitrogens with two attached hydrogens (primary N) is 1. The molecule has 0 radical (unpaired) electrons. The fourth-order valence-corrected chi connectivity index (χ4v) is 2.99. The molecule has 0 saturated heterocycles. The summed E-state index contributed by atoms with van der Waals surface area (Å²) in [7, 11) is 0. The van der Waals surface area contributed by atoms with Crippen LogP contribution in [0.1, 0.15) is 17.4 Å². The Morgan fingerprint density at radius 1 is 1.00 bits per heavy atom. The van der Waals surface area contributed by atoms with Crippen molar-refractivity contribution in [3.63, 3.8) is 0 Å². The van der Waals surface area contributed by atoms with Gasteiger partial charge in [-0.3, -0.25) is 0 Å². The van der Waals surface area contributed by atoms with Crippen LogP contribution in [0.25, 0.3) is 11.0 Å². The lowest BCUT2D eigenvalue weighted by Crippen LogP contribution is -2.11. The van der Waals surface area contributed by atoms with Crippen LogP contribution in [-0.4, -0.2) is 0 Å². The zero-order valence-corrected chi connectivity index (χ0v) is 12.8. The lowest BCUT2D eigenvalue weighted by molar-refractivity contribution is 0.524. The largest absolute Gasteiger partial charge is 0.457 e. The Balaban J connectivity index is 2.09. The predicted molar refractivity (Wildman–Crippen MR) is 83.7 cm³/mol. The molecule has 1 unspecified atom stereocenters. The minimum Gasteiger partial charge on any atom is -0.457 e. The minimum atomic E-state index is -0.625. The Hall–Kier alpha value is -1.26. The van der Waals surface area contributed by atoms with Gasteiger partial charge in [0, 0.05) is 15.4 Å². The summed E-state index contributed by atoms with van der Waals surface area (Å²) < 4.78 is 18.8. The van der Waals surface area contributed by atoms with Gasteiger partial charge in [-0.15, -0.1) is 0 Å². The molecule has 3 aromatic rings. The zero-order chi connectivity index (χ0) is 15.1. The number of fused-ring (bicyclic) bond motifs is 1. The van der Waals surface area contributed by atoms with Crippen molar-refractivity contribution in [3.8, 4) is 0 Å². The fraction of sp³-hybridized carbons (Fsp3) is 0.0667. The van der Waals surface area contributed by atoms with Gasteiger partial charge in [0.25, 0.3) is 0 Å². The maximum Gasteiger partial charge on any atom is 0.153 e. The average molecular weight is 345 g/mol. The molecule has 3 rings (SSSR count). The average Bonchev–Trinajstić information content (AvgIpc) is 2.82. The Kier molecular flexibility index (Phi) is 3.84. The quantitative estimate of drug-likeness (QED) is 0.659. The molecule has 1 atom stereocenters. The molecule has 108 valence electrons. The van der Waals surface area contributed by atoms with E-state index >= 15 is 0 Å². The van der Waals surface area contributed by atoms with Crippen molar-refractivity contribution < 1.29 is 8.81 Å². The van der Waals surface area contributed by atoms with Crippen molar-refractivity contribution in [1.29, 1.82) is 0 Å². The van der Waals surface area contributed by atoms with Crippen LogP contribution in [0.3, 0.4) is 0 Å². The van der Waals surface area contributed by atoms with Gasteiger partial charge in [0.05, 0.1) is 11.1 Å². The van der Waals surface area contributed by atoms with Crippen molar-refractivity contribution in [2.45, 2.75) is 6.04 Å². The molecule has 0 saturated carbocycles. The van der Waals surface area contributed by atoms with Crippen molar-refractivity contribution in [2.24, 2.45) is 5.73 Å². The van der Waals surface area contributed by atoms with Gasteiger partial charge in [-0.2, -0.15) is 0 Å². The van der Waals surface area contributed by atoms with E-state index in [1.165, 1.54) is 18.2 Å². The van der Waals surface area contributed by atoms with E-state index in [4.69, 9.17) is 45.0 Å². The normalized spacial score (nSPS) is 12.8. The molecule has 1 heterocycles. The molecule has 0 aliphatic heterocycles. The number of benzene rings is 2. The van der Waals surface area contributed by atoms with Crippen LogP contribution >= 0.6 is 34.8 Å². The molecule has 0 bridgehead atoms. The summed E-state index contributed by atoms with van der Waals surface area (Å²) in [4.78, 5) is 0. The van der Waals surface area contributed by atoms with Crippen molar-refractivity contribution in [2.75, 3.05) is 0 Å². The van der Waals surface area contributed by atoms with E-state index < -0.39 is 11.9 Å². The summed E-state index contributed by atoms with van der Waals surface area (Å²) in [5.74, 6) is 0.0538. The molecule has 0 amide bonds. The molecule has 21 heavy (non-hydrogen) atoms. The third kappa shape index (κ3) is 2.74. The topological polar surface area (TPSA) is 39.2 Å². The summed E-state index contributed by atoms with van der Waals surface area (Å²) in [6.07, 6.45) is 0. The molecule has 2 nitrogen and oxygen atoms in total. The van der Waals surface area contributed by atoms with Gasteiger partial charge in [-0.25, -0.2) is 4.39 Å². The Bertz CT molecular complexity index is 831. The highest BCUT2D eigenvalue weighted by Crippen LogP contribution is 2.35. The van der Waals surface area contributed by atoms with Gasteiger partial charge in [0.15, 0.2) is 5.58 Å². The summed E-state index contributed by atoms with van der Waals surface area (Å²) >= 11 is 18.1. The standard InChI is InChI=1S/C15H9Cl3FNO/c16-8-3-7-4-13(21-15(7)12(18)5-8)14(20)10-2-1-9(19)6-11(10)17/h1-6,14H,20H2. The number of hydrogen-bond acceptors (Lipinski definition) is 2. The molecule has 2 aromatic carbocycles. The van der Waals surface area contributed by atoms with Gasteiger partial charge >= 0.3 is 0 Å². The van der Waals surface area contributed by atoms with Gasteiger partial charge in [-0.05, 0) is 35.9 Å². The van der Waals surface area contributed by atoms with Crippen molar-refractivity contribution in [3.05, 3.63) is 68.6 Å². The van der Waals surface area contributed by atoms with E-state index in [1.807, 2.05) is 0 Å². The van der Waals surface area contributed by atoms with Crippen molar-refractivity contribution >= 4 is 45.8 Å². The molecule has 6 heteroatoms. The van der Waals surface area contributed by atoms with Gasteiger partial charge < -0.3 is 10.2 Å². The molecule has 0 aliphatic rings. The number of furan rings is 1. The zero-order valence-electron chi connectivity index (χ0n) is 10.5. The third-order valence-electron chi connectivity index (χ3n) is 3.16. The first-order valence-electron chi connectivity index (χ1n) is 6.04. The predicted octanol–water partition coefficient (Wildman–Crippen LogP) is 5.58. The van der Waals surface area contributed by atoms with E-state index in [0.717, 1.165) is 5.39 Å². The first-order valence-corrected chi connectivity index (χ1v) is 7.18. The SMILES string of the molecule is NC(c1cc2cc(Cl)cc(Cl)c2o1)c1ccc(F)cc1Cl. The molecular formula is C15H9Cl3FNO. The van der Waals surface area contributed by atoms with Gasteiger partial charge in [0.2, 0.25) is 0 Å². The highest BCUT2D eigenvalue weighted by molar-refractivity contribution is 6.38. The highest BCUT2D eigenvalue weighted by Gasteiger charge is 2.18. The van der Waals surface area contributed by atoms with Crippen LogP contribution in [0.15, 0.2) is 40.8 Å². The number of hydrogen-bond donors (Lipinski definition) is 1. The fourth-order valence-electron chi connectivity index (χ4n) is 2.16. The minimum absolute atomic E-state index is 0.243. The van der Waals surface area contributed by atoms with E-state index in [9.17, 15) is 4.39 Å². The second kappa shape index (κ2) is 5.50. The molecule has 2 N–H and O–H groups in total. The lowest BCUT2D eigenvalue weighted by Gasteiger charge is -2.10. The Labute approximate surface area is 135 Å².